The van der Waals surface area contributed by atoms with E-state index in [2.05, 4.69) is 10.1 Å². The van der Waals surface area contributed by atoms with Crippen LogP contribution in [0.1, 0.15) is 23.7 Å². The van der Waals surface area contributed by atoms with Crippen molar-refractivity contribution in [3.8, 4) is 11.3 Å². The molecule has 168 valence electrons. The Morgan fingerprint density at radius 2 is 1.97 bits per heavy atom. The summed E-state index contributed by atoms with van der Waals surface area (Å²) in [6, 6.07) is 9.57. The van der Waals surface area contributed by atoms with Crippen molar-refractivity contribution < 1.29 is 26.6 Å². The average molecular weight is 460 g/mol. The lowest BCUT2D eigenvalue weighted by Gasteiger charge is -2.23. The third-order valence-corrected chi connectivity index (χ3v) is 6.74. The molecule has 0 bridgehead atoms. The highest BCUT2D eigenvalue weighted by molar-refractivity contribution is 7.87. The third kappa shape index (κ3) is 3.83. The van der Waals surface area contributed by atoms with Gasteiger partial charge in [0.2, 0.25) is 0 Å². The highest BCUT2D eigenvalue weighted by atomic mass is 32.3. The Kier molecular flexibility index (Phi) is 5.68. The number of carbonyl (C=O) groups excluding carboxylic acids is 2. The molecule has 2 unspecified atom stereocenters. The maximum Gasteiger partial charge on any atom is 0.328 e. The molecule has 0 saturated carbocycles. The number of fused-ring (bicyclic) bond motifs is 1. The van der Waals surface area contributed by atoms with Gasteiger partial charge < -0.3 is 9.64 Å². The Labute approximate surface area is 184 Å². The number of pyridine rings is 1. The van der Waals surface area contributed by atoms with Crippen molar-refractivity contribution in [1.82, 2.24) is 19.7 Å². The Balaban J connectivity index is 1.85. The number of amides is 1. The van der Waals surface area contributed by atoms with Crippen molar-refractivity contribution in [2.24, 2.45) is 0 Å². The molecule has 3 aromatic rings. The van der Waals surface area contributed by atoms with Crippen molar-refractivity contribution in [1.29, 1.82) is 0 Å². The van der Waals surface area contributed by atoms with E-state index in [0.717, 1.165) is 17.6 Å². The molecule has 32 heavy (non-hydrogen) atoms. The molecule has 1 aliphatic rings. The smallest absolute Gasteiger partial charge is 0.328 e. The number of benzene rings is 1. The number of hydrogen-bond donors (Lipinski definition) is 0. The Morgan fingerprint density at radius 1 is 1.25 bits per heavy atom. The van der Waals surface area contributed by atoms with Gasteiger partial charge in [-0.3, -0.25) is 4.79 Å². The fourth-order valence-corrected chi connectivity index (χ4v) is 4.70. The van der Waals surface area contributed by atoms with Gasteiger partial charge in [-0.25, -0.2) is 14.5 Å². The fourth-order valence-electron chi connectivity index (χ4n) is 3.95. The standard InChI is InChI=1S/C21H21FN4O5S/c1-3-26-19-16(11-23-26)15(10-17(24-19)13-7-5-4-6-8-13)20(27)25-12-14(32(22,29)30)9-18(25)21(28)31-2/h4-8,10-11,14,18H,3,9,12H2,1-2H3. The minimum absolute atomic E-state index is 0.194. The van der Waals surface area contributed by atoms with Crippen LogP contribution in [0.4, 0.5) is 3.89 Å². The third-order valence-electron chi connectivity index (χ3n) is 5.60. The predicted molar refractivity (Wildman–Crippen MR) is 114 cm³/mol. The first-order chi connectivity index (χ1) is 15.2. The molecule has 0 spiro atoms. The molecule has 0 radical (unpaired) electrons. The van der Waals surface area contributed by atoms with Crippen LogP contribution in [-0.4, -0.2) is 64.9 Å². The number of rotatable bonds is 5. The summed E-state index contributed by atoms with van der Waals surface area (Å²) in [6.07, 6.45) is 1.13. The minimum Gasteiger partial charge on any atom is -0.467 e. The van der Waals surface area contributed by atoms with Gasteiger partial charge in [0.15, 0.2) is 5.65 Å². The molecule has 2 aromatic heterocycles. The lowest BCUT2D eigenvalue weighted by molar-refractivity contribution is -0.145. The lowest BCUT2D eigenvalue weighted by Crippen LogP contribution is -2.41. The summed E-state index contributed by atoms with van der Waals surface area (Å²) in [5.41, 5.74) is 1.95. The van der Waals surface area contributed by atoms with Crippen LogP contribution in [0.15, 0.2) is 42.6 Å². The van der Waals surface area contributed by atoms with Gasteiger partial charge in [0, 0.05) is 18.7 Å². The average Bonchev–Trinajstić information content (AvgIpc) is 3.42. The molecule has 4 rings (SSSR count). The van der Waals surface area contributed by atoms with Gasteiger partial charge in [-0.1, -0.05) is 30.3 Å². The van der Waals surface area contributed by atoms with E-state index in [1.807, 2.05) is 37.3 Å². The number of methoxy groups -OCH3 is 1. The SMILES string of the molecule is CCn1ncc2c(C(=O)N3CC(S(=O)(=O)F)CC3C(=O)OC)cc(-c3ccccc3)nc21. The van der Waals surface area contributed by atoms with Gasteiger partial charge in [0.1, 0.15) is 11.3 Å². The summed E-state index contributed by atoms with van der Waals surface area (Å²) in [5, 5.41) is 3.23. The zero-order valence-electron chi connectivity index (χ0n) is 17.4. The van der Waals surface area contributed by atoms with E-state index in [4.69, 9.17) is 4.74 Å². The van der Waals surface area contributed by atoms with Gasteiger partial charge >= 0.3 is 16.2 Å². The molecule has 1 amide bonds. The van der Waals surface area contributed by atoms with E-state index in [0.29, 0.717) is 23.3 Å². The van der Waals surface area contributed by atoms with Crippen LogP contribution in [0.5, 0.6) is 0 Å². The molecule has 11 heteroatoms. The summed E-state index contributed by atoms with van der Waals surface area (Å²) >= 11 is 0. The number of halogens is 1. The van der Waals surface area contributed by atoms with Crippen LogP contribution in [-0.2, 0) is 26.3 Å². The number of carbonyl (C=O) groups is 2. The van der Waals surface area contributed by atoms with Crippen LogP contribution < -0.4 is 0 Å². The van der Waals surface area contributed by atoms with Crippen molar-refractivity contribution >= 4 is 33.1 Å². The summed E-state index contributed by atoms with van der Waals surface area (Å²) < 4.78 is 43.1. The van der Waals surface area contributed by atoms with Crippen molar-refractivity contribution in [2.45, 2.75) is 31.2 Å². The molecule has 1 saturated heterocycles. The van der Waals surface area contributed by atoms with E-state index in [1.165, 1.54) is 6.20 Å². The zero-order valence-corrected chi connectivity index (χ0v) is 18.3. The summed E-state index contributed by atoms with van der Waals surface area (Å²) in [7, 11) is -3.82. The highest BCUT2D eigenvalue weighted by Gasteiger charge is 2.46. The van der Waals surface area contributed by atoms with Gasteiger partial charge in [-0.2, -0.15) is 13.5 Å². The highest BCUT2D eigenvalue weighted by Crippen LogP contribution is 2.31. The molecule has 2 atom stereocenters. The molecule has 1 aromatic carbocycles. The second kappa shape index (κ2) is 8.30. The van der Waals surface area contributed by atoms with Gasteiger partial charge in [0.25, 0.3) is 5.91 Å². The lowest BCUT2D eigenvalue weighted by atomic mass is 10.1. The van der Waals surface area contributed by atoms with E-state index in [-0.39, 0.29) is 12.0 Å². The summed E-state index contributed by atoms with van der Waals surface area (Å²) in [4.78, 5) is 31.6. The normalized spacial score (nSPS) is 18.8. The monoisotopic (exact) mass is 460 g/mol. The topological polar surface area (TPSA) is 111 Å². The maximum absolute atomic E-state index is 13.7. The maximum atomic E-state index is 13.7. The fraction of sp³-hybridized carbons (Fsp3) is 0.333. The summed E-state index contributed by atoms with van der Waals surface area (Å²) in [6.45, 7) is 1.94. The number of aromatic nitrogens is 3. The van der Waals surface area contributed by atoms with Gasteiger partial charge in [-0.05, 0) is 19.4 Å². The second-order valence-electron chi connectivity index (χ2n) is 7.45. The van der Waals surface area contributed by atoms with E-state index < -0.39 is 39.9 Å². The van der Waals surface area contributed by atoms with Crippen molar-refractivity contribution in [3.63, 3.8) is 0 Å². The number of nitrogens with zero attached hydrogens (tertiary/aromatic N) is 4. The molecule has 9 nitrogen and oxygen atoms in total. The first-order valence-corrected chi connectivity index (χ1v) is 11.4. The molecular formula is C21H21FN4O5S. The van der Waals surface area contributed by atoms with Crippen LogP contribution >= 0.6 is 0 Å². The number of aryl methyl sites for hydroxylation is 1. The molecular weight excluding hydrogens is 439 g/mol. The molecule has 3 heterocycles. The summed E-state index contributed by atoms with van der Waals surface area (Å²) in [5.74, 6) is -1.42. The number of hydrogen-bond acceptors (Lipinski definition) is 7. The van der Waals surface area contributed by atoms with Crippen LogP contribution in [0, 0.1) is 0 Å². The molecule has 0 N–H and O–H groups in total. The molecule has 1 fully saturated rings. The molecule has 1 aliphatic heterocycles. The van der Waals surface area contributed by atoms with Gasteiger partial charge in [-0.15, -0.1) is 3.89 Å². The quantitative estimate of drug-likeness (QED) is 0.424. The number of esters is 1. The number of likely N-dealkylation sites (tertiary alicyclic amines) is 1. The zero-order chi connectivity index (χ0) is 23.0. The first kappa shape index (κ1) is 21.9. The first-order valence-electron chi connectivity index (χ1n) is 9.98. The molecule has 0 aliphatic carbocycles. The van der Waals surface area contributed by atoms with E-state index >= 15 is 0 Å². The largest absolute Gasteiger partial charge is 0.467 e. The minimum atomic E-state index is -4.95. The van der Waals surface area contributed by atoms with Crippen molar-refractivity contribution in [2.75, 3.05) is 13.7 Å². The van der Waals surface area contributed by atoms with E-state index in [9.17, 15) is 21.9 Å². The van der Waals surface area contributed by atoms with Crippen LogP contribution in [0.2, 0.25) is 0 Å². The second-order valence-corrected chi connectivity index (χ2v) is 9.07. The Bertz CT molecular complexity index is 1290. The number of ether oxygens (including phenoxy) is 1. The Hall–Kier alpha value is -3.34. The van der Waals surface area contributed by atoms with Crippen LogP contribution in [0.3, 0.4) is 0 Å². The van der Waals surface area contributed by atoms with Crippen molar-refractivity contribution in [3.05, 3.63) is 48.2 Å². The van der Waals surface area contributed by atoms with Crippen LogP contribution in [0.25, 0.3) is 22.3 Å². The predicted octanol–water partition coefficient (Wildman–Crippen LogP) is 2.17. The Morgan fingerprint density at radius 3 is 2.59 bits per heavy atom. The van der Waals surface area contributed by atoms with E-state index in [1.54, 1.807) is 10.7 Å². The van der Waals surface area contributed by atoms with Gasteiger partial charge in [0.05, 0.1) is 30.0 Å².